The van der Waals surface area contributed by atoms with Gasteiger partial charge in [-0.15, -0.1) is 0 Å². The van der Waals surface area contributed by atoms with E-state index in [1.807, 2.05) is 0 Å². The number of carbonyl (C=O) groups excluding carboxylic acids is 2. The lowest BCUT2D eigenvalue weighted by Gasteiger charge is -2.24. The molecule has 0 rings (SSSR count). The second-order valence-electron chi connectivity index (χ2n) is 3.88. The molecule has 19 heavy (non-hydrogen) atoms. The average Bonchev–Trinajstić information content (AvgIpc) is 2.27. The molecule has 0 saturated heterocycles. The van der Waals surface area contributed by atoms with Gasteiger partial charge < -0.3 is 14.2 Å². The Labute approximate surface area is 109 Å². The summed E-state index contributed by atoms with van der Waals surface area (Å²) in [5.74, 6) is -1.95. The lowest BCUT2D eigenvalue weighted by atomic mass is 9.92. The highest BCUT2D eigenvalue weighted by molar-refractivity contribution is 5.99. The fourth-order valence-corrected chi connectivity index (χ4v) is 1.15. The number of halogens is 3. The highest BCUT2D eigenvalue weighted by atomic mass is 19.4. The fourth-order valence-electron chi connectivity index (χ4n) is 1.15. The smallest absolute Gasteiger partial charge is 0.411 e. The summed E-state index contributed by atoms with van der Waals surface area (Å²) >= 11 is 0. The third kappa shape index (κ3) is 5.91. The average molecular weight is 286 g/mol. The van der Waals surface area contributed by atoms with Crippen molar-refractivity contribution in [3.8, 4) is 0 Å². The molecule has 0 saturated carbocycles. The molecule has 0 atom stereocenters. The first-order valence-electron chi connectivity index (χ1n) is 5.66. The monoisotopic (exact) mass is 286 g/mol. The number of hydrogen-bond donors (Lipinski definition) is 0. The first-order valence-corrected chi connectivity index (χ1v) is 5.66. The number of alkyl halides is 3. The molecule has 0 heterocycles. The van der Waals surface area contributed by atoms with Crippen LogP contribution in [0.2, 0.25) is 0 Å². The van der Waals surface area contributed by atoms with E-state index in [0.29, 0.717) is 0 Å². The molecule has 0 aromatic rings. The van der Waals surface area contributed by atoms with Gasteiger partial charge in [-0.25, -0.2) is 0 Å². The summed E-state index contributed by atoms with van der Waals surface area (Å²) in [6.07, 6.45) is -4.54. The van der Waals surface area contributed by atoms with Gasteiger partial charge in [0.2, 0.25) is 0 Å². The Hall–Kier alpha value is -1.31. The van der Waals surface area contributed by atoms with Gasteiger partial charge in [-0.3, -0.25) is 9.59 Å². The van der Waals surface area contributed by atoms with Gasteiger partial charge >= 0.3 is 18.1 Å². The van der Waals surface area contributed by atoms with Crippen LogP contribution in [0.3, 0.4) is 0 Å². The Morgan fingerprint density at radius 1 is 0.947 bits per heavy atom. The van der Waals surface area contributed by atoms with Gasteiger partial charge in [0.25, 0.3) is 0 Å². The standard InChI is InChI=1S/C11H17F3O5/c1-4-18-8(15)10(3,9(16)19-5-2)6-17-7-11(12,13)14/h4-7H2,1-3H3. The van der Waals surface area contributed by atoms with Gasteiger partial charge in [0, 0.05) is 0 Å². The van der Waals surface area contributed by atoms with Crippen molar-refractivity contribution >= 4 is 11.9 Å². The molecule has 0 N–H and O–H groups in total. The minimum absolute atomic E-state index is 0.00685. The quantitative estimate of drug-likeness (QED) is 0.526. The minimum atomic E-state index is -4.54. The lowest BCUT2D eigenvalue weighted by Crippen LogP contribution is -2.44. The van der Waals surface area contributed by atoms with Gasteiger partial charge in [-0.2, -0.15) is 13.2 Å². The second-order valence-corrected chi connectivity index (χ2v) is 3.88. The molecule has 0 spiro atoms. The zero-order valence-electron chi connectivity index (χ0n) is 11.0. The van der Waals surface area contributed by atoms with Crippen molar-refractivity contribution in [2.45, 2.75) is 26.9 Å². The summed E-state index contributed by atoms with van der Waals surface area (Å²) in [5.41, 5.74) is -1.91. The molecule has 5 nitrogen and oxygen atoms in total. The molecule has 0 aromatic heterocycles. The zero-order valence-corrected chi connectivity index (χ0v) is 11.0. The topological polar surface area (TPSA) is 61.8 Å². The summed E-state index contributed by atoms with van der Waals surface area (Å²) in [6.45, 7) is 1.82. The summed E-state index contributed by atoms with van der Waals surface area (Å²) in [7, 11) is 0. The van der Waals surface area contributed by atoms with Crippen LogP contribution in [0.5, 0.6) is 0 Å². The Balaban J connectivity index is 4.76. The van der Waals surface area contributed by atoms with Crippen molar-refractivity contribution in [1.82, 2.24) is 0 Å². The third-order valence-electron chi connectivity index (χ3n) is 2.11. The van der Waals surface area contributed by atoms with E-state index in [0.717, 1.165) is 6.92 Å². The van der Waals surface area contributed by atoms with E-state index in [2.05, 4.69) is 14.2 Å². The molecular weight excluding hydrogens is 269 g/mol. The van der Waals surface area contributed by atoms with Crippen LogP contribution >= 0.6 is 0 Å². The molecule has 112 valence electrons. The predicted octanol–water partition coefficient (Wildman–Crippen LogP) is 1.70. The second kappa shape index (κ2) is 7.32. The van der Waals surface area contributed by atoms with E-state index in [-0.39, 0.29) is 13.2 Å². The fraction of sp³-hybridized carbons (Fsp3) is 0.818. The first-order chi connectivity index (χ1) is 8.67. The summed E-state index contributed by atoms with van der Waals surface area (Å²) in [4.78, 5) is 23.3. The van der Waals surface area contributed by atoms with Crippen LogP contribution in [0.4, 0.5) is 13.2 Å². The predicted molar refractivity (Wildman–Crippen MR) is 58.2 cm³/mol. The Morgan fingerprint density at radius 2 is 1.37 bits per heavy atom. The molecule has 0 unspecified atom stereocenters. The van der Waals surface area contributed by atoms with Gasteiger partial charge in [0.05, 0.1) is 19.8 Å². The highest BCUT2D eigenvalue weighted by Crippen LogP contribution is 2.23. The van der Waals surface area contributed by atoms with Crippen LogP contribution in [-0.2, 0) is 23.8 Å². The van der Waals surface area contributed by atoms with Crippen LogP contribution in [-0.4, -0.2) is 44.5 Å². The van der Waals surface area contributed by atoms with Gasteiger partial charge in [0.15, 0.2) is 5.41 Å². The van der Waals surface area contributed by atoms with Crippen LogP contribution in [0.15, 0.2) is 0 Å². The van der Waals surface area contributed by atoms with Crippen molar-refractivity contribution in [2.75, 3.05) is 26.4 Å². The maximum absolute atomic E-state index is 12.0. The number of ether oxygens (including phenoxy) is 3. The largest absolute Gasteiger partial charge is 0.465 e. The molecule has 0 aromatic carbocycles. The molecular formula is C11H17F3O5. The van der Waals surface area contributed by atoms with E-state index in [4.69, 9.17) is 0 Å². The van der Waals surface area contributed by atoms with Gasteiger partial charge in [0.1, 0.15) is 6.61 Å². The zero-order chi connectivity index (χ0) is 15.1. The molecule has 0 radical (unpaired) electrons. The van der Waals surface area contributed by atoms with E-state index >= 15 is 0 Å². The lowest BCUT2D eigenvalue weighted by molar-refractivity contribution is -0.194. The van der Waals surface area contributed by atoms with Gasteiger partial charge in [-0.1, -0.05) is 0 Å². The van der Waals surface area contributed by atoms with E-state index in [1.54, 1.807) is 0 Å². The Bertz CT molecular complexity index is 296. The van der Waals surface area contributed by atoms with Crippen LogP contribution in [0, 0.1) is 5.41 Å². The minimum Gasteiger partial charge on any atom is -0.465 e. The maximum Gasteiger partial charge on any atom is 0.411 e. The Morgan fingerprint density at radius 3 is 1.68 bits per heavy atom. The molecule has 0 amide bonds. The van der Waals surface area contributed by atoms with Crippen molar-refractivity contribution in [3.05, 3.63) is 0 Å². The number of rotatable bonds is 7. The Kier molecular flexibility index (Phi) is 6.82. The number of carbonyl (C=O) groups is 2. The highest BCUT2D eigenvalue weighted by Gasteiger charge is 2.45. The summed E-state index contributed by atoms with van der Waals surface area (Å²) in [6, 6.07) is 0. The van der Waals surface area contributed by atoms with Crippen LogP contribution in [0.1, 0.15) is 20.8 Å². The third-order valence-corrected chi connectivity index (χ3v) is 2.11. The van der Waals surface area contributed by atoms with Crippen molar-refractivity contribution in [3.63, 3.8) is 0 Å². The number of esters is 2. The normalized spacial score (nSPS) is 12.1. The van der Waals surface area contributed by atoms with E-state index < -0.39 is 36.7 Å². The first kappa shape index (κ1) is 17.7. The molecule has 8 heteroatoms. The molecule has 0 aliphatic carbocycles. The maximum atomic E-state index is 12.0. The van der Waals surface area contributed by atoms with E-state index in [1.165, 1.54) is 13.8 Å². The SMILES string of the molecule is CCOC(=O)C(C)(COCC(F)(F)F)C(=O)OCC. The summed E-state index contributed by atoms with van der Waals surface area (Å²) in [5, 5.41) is 0. The number of hydrogen-bond acceptors (Lipinski definition) is 5. The molecule has 0 fully saturated rings. The summed E-state index contributed by atoms with van der Waals surface area (Å²) < 4.78 is 49.6. The molecule has 0 aliphatic heterocycles. The van der Waals surface area contributed by atoms with E-state index in [9.17, 15) is 22.8 Å². The molecule has 0 aliphatic rings. The van der Waals surface area contributed by atoms with Crippen molar-refractivity contribution in [1.29, 1.82) is 0 Å². The van der Waals surface area contributed by atoms with Gasteiger partial charge in [-0.05, 0) is 20.8 Å². The van der Waals surface area contributed by atoms with Crippen LogP contribution < -0.4 is 0 Å². The molecule has 0 bridgehead atoms. The van der Waals surface area contributed by atoms with Crippen molar-refractivity contribution in [2.24, 2.45) is 5.41 Å². The van der Waals surface area contributed by atoms with Crippen molar-refractivity contribution < 1.29 is 37.0 Å². The van der Waals surface area contributed by atoms with Crippen LogP contribution in [0.25, 0.3) is 0 Å².